The molecule has 1 aromatic heterocycles. The molecule has 1 heterocycles. The number of benzene rings is 1. The SMILES string of the molecule is COc1ccc(CN(C(=O)c2cc(C(C)C)n(C(C)(C)C)n2)C2CC2)cc1. The summed E-state index contributed by atoms with van der Waals surface area (Å²) >= 11 is 0. The fourth-order valence-electron chi connectivity index (χ4n) is 3.28. The zero-order chi connectivity index (χ0) is 19.8. The molecular formula is C22H31N3O2. The summed E-state index contributed by atoms with van der Waals surface area (Å²) in [6, 6.07) is 10.2. The van der Waals surface area contributed by atoms with Crippen LogP contribution < -0.4 is 4.74 Å². The first-order valence-corrected chi connectivity index (χ1v) is 9.75. The van der Waals surface area contributed by atoms with Gasteiger partial charge in [0.1, 0.15) is 5.75 Å². The minimum atomic E-state index is -0.154. The molecular weight excluding hydrogens is 338 g/mol. The van der Waals surface area contributed by atoms with Crippen LogP contribution in [0.25, 0.3) is 0 Å². The molecule has 0 radical (unpaired) electrons. The summed E-state index contributed by atoms with van der Waals surface area (Å²) in [5, 5.41) is 4.71. The van der Waals surface area contributed by atoms with Crippen LogP contribution in [0.5, 0.6) is 5.75 Å². The van der Waals surface area contributed by atoms with Gasteiger partial charge in [-0.1, -0.05) is 26.0 Å². The smallest absolute Gasteiger partial charge is 0.274 e. The van der Waals surface area contributed by atoms with Gasteiger partial charge in [-0.2, -0.15) is 5.10 Å². The van der Waals surface area contributed by atoms with Crippen LogP contribution in [0.1, 0.15) is 75.1 Å². The third-order valence-corrected chi connectivity index (χ3v) is 4.94. The predicted octanol–water partition coefficient (Wildman–Crippen LogP) is 4.57. The molecule has 1 aliphatic rings. The highest BCUT2D eigenvalue weighted by Gasteiger charge is 2.35. The van der Waals surface area contributed by atoms with Crippen LogP contribution in [0, 0.1) is 0 Å². The normalized spacial score (nSPS) is 14.5. The first-order valence-electron chi connectivity index (χ1n) is 9.75. The molecule has 1 saturated carbocycles. The molecule has 5 nitrogen and oxygen atoms in total. The zero-order valence-corrected chi connectivity index (χ0v) is 17.3. The first-order chi connectivity index (χ1) is 12.7. The quantitative estimate of drug-likeness (QED) is 0.749. The van der Waals surface area contributed by atoms with E-state index >= 15 is 0 Å². The van der Waals surface area contributed by atoms with Crippen molar-refractivity contribution >= 4 is 5.91 Å². The standard InChI is InChI=1S/C22H31N3O2/c1-15(2)20-13-19(23-25(20)22(3,4)5)21(26)24(17-9-10-17)14-16-7-11-18(27-6)12-8-16/h7-8,11-13,15,17H,9-10,14H2,1-6H3. The third kappa shape index (κ3) is 4.34. The predicted molar refractivity (Wildman–Crippen MR) is 107 cm³/mol. The number of hydrogen-bond acceptors (Lipinski definition) is 3. The zero-order valence-electron chi connectivity index (χ0n) is 17.3. The minimum Gasteiger partial charge on any atom is -0.497 e. The van der Waals surface area contributed by atoms with Gasteiger partial charge in [0.25, 0.3) is 5.91 Å². The van der Waals surface area contributed by atoms with E-state index in [0.717, 1.165) is 29.8 Å². The van der Waals surface area contributed by atoms with Crippen LogP contribution in [0.2, 0.25) is 0 Å². The number of methoxy groups -OCH3 is 1. The lowest BCUT2D eigenvalue weighted by molar-refractivity contribution is 0.0722. The second-order valence-electron chi connectivity index (χ2n) is 8.70. The molecule has 1 fully saturated rings. The van der Waals surface area contributed by atoms with Crippen LogP contribution in [0.15, 0.2) is 30.3 Å². The number of carbonyl (C=O) groups excluding carboxylic acids is 1. The molecule has 27 heavy (non-hydrogen) atoms. The Morgan fingerprint density at radius 1 is 1.26 bits per heavy atom. The summed E-state index contributed by atoms with van der Waals surface area (Å²) in [6.07, 6.45) is 2.14. The van der Waals surface area contributed by atoms with Crippen LogP contribution in [0.4, 0.5) is 0 Å². The van der Waals surface area contributed by atoms with E-state index in [1.165, 1.54) is 0 Å². The second-order valence-corrected chi connectivity index (χ2v) is 8.70. The Kier molecular flexibility index (Phi) is 5.31. The number of nitrogens with zero attached hydrogens (tertiary/aromatic N) is 3. The number of rotatable bonds is 6. The van der Waals surface area contributed by atoms with Crippen molar-refractivity contribution in [3.63, 3.8) is 0 Å². The van der Waals surface area contributed by atoms with E-state index in [1.54, 1.807) is 7.11 Å². The van der Waals surface area contributed by atoms with Crippen LogP contribution in [0.3, 0.4) is 0 Å². The Morgan fingerprint density at radius 3 is 2.33 bits per heavy atom. The molecule has 5 heteroatoms. The number of amides is 1. The Hall–Kier alpha value is -2.30. The summed E-state index contributed by atoms with van der Waals surface area (Å²) < 4.78 is 7.23. The lowest BCUT2D eigenvalue weighted by Crippen LogP contribution is -2.33. The van der Waals surface area contributed by atoms with E-state index in [9.17, 15) is 4.79 Å². The van der Waals surface area contributed by atoms with Crippen LogP contribution in [-0.2, 0) is 12.1 Å². The molecule has 1 aliphatic carbocycles. The highest BCUT2D eigenvalue weighted by atomic mass is 16.5. The van der Waals surface area contributed by atoms with Crippen molar-refractivity contribution in [2.75, 3.05) is 7.11 Å². The van der Waals surface area contributed by atoms with Gasteiger partial charge in [0.2, 0.25) is 0 Å². The molecule has 2 aromatic rings. The first kappa shape index (κ1) is 19.5. The van der Waals surface area contributed by atoms with Gasteiger partial charge >= 0.3 is 0 Å². The van der Waals surface area contributed by atoms with Crippen molar-refractivity contribution < 1.29 is 9.53 Å². The summed E-state index contributed by atoms with van der Waals surface area (Å²) in [5.74, 6) is 1.17. The summed E-state index contributed by atoms with van der Waals surface area (Å²) in [4.78, 5) is 15.3. The van der Waals surface area contributed by atoms with Gasteiger partial charge in [-0.3, -0.25) is 9.48 Å². The fourth-order valence-corrected chi connectivity index (χ4v) is 3.28. The Balaban J connectivity index is 1.87. The second kappa shape index (κ2) is 7.37. The van der Waals surface area contributed by atoms with Crippen molar-refractivity contribution in [3.8, 4) is 5.75 Å². The molecule has 0 aliphatic heterocycles. The van der Waals surface area contributed by atoms with Crippen molar-refractivity contribution in [2.24, 2.45) is 0 Å². The van der Waals surface area contributed by atoms with Gasteiger partial charge in [0, 0.05) is 18.3 Å². The van der Waals surface area contributed by atoms with E-state index in [1.807, 2.05) is 39.9 Å². The summed E-state index contributed by atoms with van der Waals surface area (Å²) in [6.45, 7) is 11.3. The molecule has 1 aromatic carbocycles. The lowest BCUT2D eigenvalue weighted by Gasteiger charge is -2.24. The van der Waals surface area contributed by atoms with Crippen LogP contribution in [-0.4, -0.2) is 33.7 Å². The molecule has 0 N–H and O–H groups in total. The molecule has 0 unspecified atom stereocenters. The molecule has 0 saturated heterocycles. The average molecular weight is 370 g/mol. The van der Waals surface area contributed by atoms with E-state index in [4.69, 9.17) is 9.84 Å². The fraction of sp³-hybridized carbons (Fsp3) is 0.545. The van der Waals surface area contributed by atoms with Crippen molar-refractivity contribution in [1.29, 1.82) is 0 Å². The van der Waals surface area contributed by atoms with E-state index < -0.39 is 0 Å². The molecule has 0 atom stereocenters. The summed E-state index contributed by atoms with van der Waals surface area (Å²) in [7, 11) is 1.66. The van der Waals surface area contributed by atoms with Gasteiger partial charge in [-0.05, 0) is 63.3 Å². The van der Waals surface area contributed by atoms with Gasteiger partial charge in [-0.15, -0.1) is 0 Å². The van der Waals surface area contributed by atoms with Crippen LogP contribution >= 0.6 is 0 Å². The van der Waals surface area contributed by atoms with Crippen molar-refractivity contribution in [1.82, 2.24) is 14.7 Å². The Bertz CT molecular complexity index is 796. The minimum absolute atomic E-state index is 0.0261. The maximum Gasteiger partial charge on any atom is 0.274 e. The number of aromatic nitrogens is 2. The lowest BCUT2D eigenvalue weighted by atomic mass is 10.1. The third-order valence-electron chi connectivity index (χ3n) is 4.94. The molecule has 3 rings (SSSR count). The number of hydrogen-bond donors (Lipinski definition) is 0. The Morgan fingerprint density at radius 2 is 1.89 bits per heavy atom. The highest BCUT2D eigenvalue weighted by molar-refractivity contribution is 5.93. The average Bonchev–Trinajstić information content (AvgIpc) is 3.34. The van der Waals surface area contributed by atoms with Gasteiger partial charge in [0.05, 0.1) is 12.6 Å². The summed E-state index contributed by atoms with van der Waals surface area (Å²) in [5.41, 5.74) is 2.61. The maximum absolute atomic E-state index is 13.3. The largest absolute Gasteiger partial charge is 0.497 e. The molecule has 146 valence electrons. The maximum atomic E-state index is 13.3. The molecule has 0 bridgehead atoms. The van der Waals surface area contributed by atoms with E-state index in [-0.39, 0.29) is 11.4 Å². The Labute approximate surface area is 162 Å². The van der Waals surface area contributed by atoms with E-state index in [2.05, 4.69) is 34.6 Å². The highest BCUT2D eigenvalue weighted by Crippen LogP contribution is 2.31. The van der Waals surface area contributed by atoms with Crippen molar-refractivity contribution in [2.45, 2.75) is 71.5 Å². The van der Waals surface area contributed by atoms with Crippen molar-refractivity contribution in [3.05, 3.63) is 47.3 Å². The van der Waals surface area contributed by atoms with Gasteiger partial charge in [-0.25, -0.2) is 0 Å². The van der Waals surface area contributed by atoms with E-state index in [0.29, 0.717) is 24.2 Å². The molecule has 1 amide bonds. The monoisotopic (exact) mass is 369 g/mol. The van der Waals surface area contributed by atoms with Gasteiger partial charge in [0.15, 0.2) is 5.69 Å². The molecule has 0 spiro atoms. The topological polar surface area (TPSA) is 47.4 Å². The number of carbonyl (C=O) groups is 1. The number of ether oxygens (including phenoxy) is 1. The van der Waals surface area contributed by atoms with Gasteiger partial charge < -0.3 is 9.64 Å².